The van der Waals surface area contributed by atoms with Gasteiger partial charge in [0.25, 0.3) is 0 Å². The van der Waals surface area contributed by atoms with E-state index in [1.165, 1.54) is 25.7 Å². The molecule has 2 saturated carbocycles. The van der Waals surface area contributed by atoms with Gasteiger partial charge >= 0.3 is 0 Å². The molecule has 20 heavy (non-hydrogen) atoms. The van der Waals surface area contributed by atoms with Crippen molar-refractivity contribution >= 4 is 10.0 Å². The second-order valence-electron chi connectivity index (χ2n) is 7.21. The van der Waals surface area contributed by atoms with Gasteiger partial charge in [-0.15, -0.1) is 0 Å². The highest BCUT2D eigenvalue weighted by Gasteiger charge is 2.40. The largest absolute Gasteiger partial charge is 0.316 e. The molecule has 0 aromatic heterocycles. The van der Waals surface area contributed by atoms with E-state index in [-0.39, 0.29) is 0 Å². The van der Waals surface area contributed by atoms with Crippen LogP contribution in [0.4, 0.5) is 0 Å². The zero-order valence-corrected chi connectivity index (χ0v) is 13.4. The summed E-state index contributed by atoms with van der Waals surface area (Å²) in [6.07, 6.45) is 7.48. The quantitative estimate of drug-likeness (QED) is 0.840. The van der Waals surface area contributed by atoms with E-state index in [0.29, 0.717) is 17.6 Å². The van der Waals surface area contributed by atoms with Crippen LogP contribution in [0.5, 0.6) is 0 Å². The van der Waals surface area contributed by atoms with Gasteiger partial charge in [-0.2, -0.15) is 0 Å². The fourth-order valence-corrected chi connectivity index (χ4v) is 6.09. The van der Waals surface area contributed by atoms with E-state index in [1.54, 1.807) is 11.4 Å². The molecule has 3 rings (SSSR count). The van der Waals surface area contributed by atoms with E-state index < -0.39 is 10.0 Å². The predicted molar refractivity (Wildman–Crippen MR) is 80.9 cm³/mol. The molecule has 0 amide bonds. The van der Waals surface area contributed by atoms with Crippen LogP contribution in [0, 0.1) is 23.7 Å². The van der Waals surface area contributed by atoms with Crippen molar-refractivity contribution in [1.82, 2.24) is 9.62 Å². The number of piperidine rings is 1. The van der Waals surface area contributed by atoms with Crippen LogP contribution < -0.4 is 5.32 Å². The summed E-state index contributed by atoms with van der Waals surface area (Å²) in [7, 11) is -1.28. The topological polar surface area (TPSA) is 49.4 Å². The molecule has 116 valence electrons. The summed E-state index contributed by atoms with van der Waals surface area (Å²) >= 11 is 0. The zero-order valence-electron chi connectivity index (χ0n) is 12.6. The summed E-state index contributed by atoms with van der Waals surface area (Å²) < 4.78 is 26.6. The van der Waals surface area contributed by atoms with E-state index in [9.17, 15) is 8.42 Å². The Kier molecular flexibility index (Phi) is 4.39. The summed E-state index contributed by atoms with van der Waals surface area (Å²) in [5, 5.41) is 3.31. The first-order valence-electron chi connectivity index (χ1n) is 8.19. The highest BCUT2D eigenvalue weighted by Crippen LogP contribution is 2.48. The van der Waals surface area contributed by atoms with Gasteiger partial charge in [-0.3, -0.25) is 0 Å². The lowest BCUT2D eigenvalue weighted by Crippen LogP contribution is -2.40. The van der Waals surface area contributed by atoms with Gasteiger partial charge in [0.1, 0.15) is 0 Å². The molecule has 5 heteroatoms. The Morgan fingerprint density at radius 3 is 2.65 bits per heavy atom. The lowest BCUT2D eigenvalue weighted by molar-refractivity contribution is 0.278. The van der Waals surface area contributed by atoms with Gasteiger partial charge in [-0.25, -0.2) is 12.7 Å². The Morgan fingerprint density at radius 1 is 1.20 bits per heavy atom. The number of hydrogen-bond donors (Lipinski definition) is 1. The second-order valence-corrected chi connectivity index (χ2v) is 9.33. The highest BCUT2D eigenvalue weighted by molar-refractivity contribution is 7.89. The van der Waals surface area contributed by atoms with Crippen molar-refractivity contribution in [1.29, 1.82) is 0 Å². The number of hydrogen-bond acceptors (Lipinski definition) is 3. The Bertz CT molecular complexity index is 431. The maximum absolute atomic E-state index is 12.5. The summed E-state index contributed by atoms with van der Waals surface area (Å²) in [6.45, 7) is 2.66. The van der Waals surface area contributed by atoms with E-state index in [4.69, 9.17) is 0 Å². The third-order valence-corrected chi connectivity index (χ3v) is 7.69. The Hall–Kier alpha value is -0.130. The third kappa shape index (κ3) is 3.20. The average molecular weight is 300 g/mol. The molecule has 0 spiro atoms. The van der Waals surface area contributed by atoms with Gasteiger partial charge in [0.2, 0.25) is 10.0 Å². The van der Waals surface area contributed by atoms with Crippen molar-refractivity contribution in [2.45, 2.75) is 38.5 Å². The molecule has 4 atom stereocenters. The van der Waals surface area contributed by atoms with Crippen LogP contribution >= 0.6 is 0 Å². The summed E-state index contributed by atoms with van der Waals surface area (Å²) in [5.74, 6) is 2.95. The minimum Gasteiger partial charge on any atom is -0.316 e. The Labute approximate surface area is 123 Å². The molecular weight excluding hydrogens is 272 g/mol. The fraction of sp³-hybridized carbons (Fsp3) is 1.00. The summed E-state index contributed by atoms with van der Waals surface area (Å²) in [5.41, 5.74) is 0. The van der Waals surface area contributed by atoms with Crippen molar-refractivity contribution in [3.8, 4) is 0 Å². The van der Waals surface area contributed by atoms with E-state index in [1.807, 2.05) is 0 Å². The van der Waals surface area contributed by atoms with Gasteiger partial charge in [0.05, 0.1) is 5.75 Å². The van der Waals surface area contributed by atoms with Gasteiger partial charge in [0, 0.05) is 13.6 Å². The molecule has 0 aromatic rings. The van der Waals surface area contributed by atoms with Crippen LogP contribution in [0.3, 0.4) is 0 Å². The summed E-state index contributed by atoms with van der Waals surface area (Å²) in [6, 6.07) is 0. The normalized spacial score (nSPS) is 37.7. The Morgan fingerprint density at radius 2 is 2.05 bits per heavy atom. The molecule has 1 N–H and O–H groups in total. The van der Waals surface area contributed by atoms with Gasteiger partial charge in [-0.1, -0.05) is 6.42 Å². The standard InChI is InChI=1S/C15H28N2O2S/c1-17(10-15-8-12-4-5-14(15)7-12)20(18,19)11-13-3-2-6-16-9-13/h12-16H,2-11H2,1H3. The number of nitrogens with one attached hydrogen (secondary N) is 1. The molecule has 1 heterocycles. The van der Waals surface area contributed by atoms with Crippen molar-refractivity contribution in [2.75, 3.05) is 32.4 Å². The van der Waals surface area contributed by atoms with Gasteiger partial charge in [0.15, 0.2) is 0 Å². The first kappa shape index (κ1) is 14.8. The molecule has 1 saturated heterocycles. The first-order chi connectivity index (χ1) is 9.54. The molecular formula is C15H28N2O2S. The third-order valence-electron chi connectivity index (χ3n) is 5.70. The summed E-state index contributed by atoms with van der Waals surface area (Å²) in [4.78, 5) is 0. The maximum atomic E-state index is 12.5. The Balaban J connectivity index is 1.53. The van der Waals surface area contributed by atoms with E-state index in [0.717, 1.165) is 44.3 Å². The SMILES string of the molecule is CN(CC1CC2CCC1C2)S(=O)(=O)CC1CCCNC1. The molecule has 2 aliphatic carbocycles. The number of rotatable bonds is 5. The number of sulfonamides is 1. The minimum absolute atomic E-state index is 0.302. The number of fused-ring (bicyclic) bond motifs is 2. The lowest BCUT2D eigenvalue weighted by Gasteiger charge is -2.29. The van der Waals surface area contributed by atoms with Crippen LogP contribution in [0.2, 0.25) is 0 Å². The van der Waals surface area contributed by atoms with Gasteiger partial charge in [-0.05, 0) is 68.9 Å². The van der Waals surface area contributed by atoms with Crippen LogP contribution in [0.25, 0.3) is 0 Å². The van der Waals surface area contributed by atoms with Crippen molar-refractivity contribution in [3.05, 3.63) is 0 Å². The maximum Gasteiger partial charge on any atom is 0.214 e. The van der Waals surface area contributed by atoms with Gasteiger partial charge < -0.3 is 5.32 Å². The van der Waals surface area contributed by atoms with E-state index >= 15 is 0 Å². The average Bonchev–Trinajstić information content (AvgIpc) is 3.01. The monoisotopic (exact) mass is 300 g/mol. The number of nitrogens with zero attached hydrogens (tertiary/aromatic N) is 1. The van der Waals surface area contributed by atoms with Crippen LogP contribution in [-0.2, 0) is 10.0 Å². The molecule has 0 aromatic carbocycles. The van der Waals surface area contributed by atoms with Crippen LogP contribution in [0.15, 0.2) is 0 Å². The van der Waals surface area contributed by atoms with E-state index in [2.05, 4.69) is 5.32 Å². The predicted octanol–water partition coefficient (Wildman–Crippen LogP) is 1.68. The molecule has 3 aliphatic rings. The smallest absolute Gasteiger partial charge is 0.214 e. The fourth-order valence-electron chi connectivity index (χ4n) is 4.54. The molecule has 4 nitrogen and oxygen atoms in total. The molecule has 4 unspecified atom stereocenters. The first-order valence-corrected chi connectivity index (χ1v) is 9.80. The van der Waals surface area contributed by atoms with Crippen LogP contribution in [0.1, 0.15) is 38.5 Å². The van der Waals surface area contributed by atoms with Crippen molar-refractivity contribution < 1.29 is 8.42 Å². The zero-order chi connectivity index (χ0) is 14.2. The van der Waals surface area contributed by atoms with Crippen molar-refractivity contribution in [2.24, 2.45) is 23.7 Å². The molecule has 3 fully saturated rings. The minimum atomic E-state index is -3.07. The second kappa shape index (κ2) is 5.93. The lowest BCUT2D eigenvalue weighted by atomic mass is 9.89. The molecule has 2 bridgehead atoms. The van der Waals surface area contributed by atoms with Crippen LogP contribution in [-0.4, -0.2) is 45.2 Å². The van der Waals surface area contributed by atoms with Crippen molar-refractivity contribution in [3.63, 3.8) is 0 Å². The molecule has 1 aliphatic heterocycles. The highest BCUT2D eigenvalue weighted by atomic mass is 32.2. The molecule has 0 radical (unpaired) electrons.